The Morgan fingerprint density at radius 1 is 1.13 bits per heavy atom. The highest BCUT2D eigenvalue weighted by atomic mass is 79.9. The van der Waals surface area contributed by atoms with Gasteiger partial charge in [0.15, 0.2) is 18.1 Å². The molecule has 11 heteroatoms. The molecular weight excluding hydrogens is 576 g/mol. The molecule has 0 saturated carbocycles. The number of methoxy groups -OCH3 is 1. The Kier molecular flexibility index (Phi) is 9.98. The van der Waals surface area contributed by atoms with E-state index >= 15 is 0 Å². The minimum absolute atomic E-state index is 0.168. The number of imide groups is 1. The van der Waals surface area contributed by atoms with Gasteiger partial charge in [-0.15, -0.1) is 0 Å². The number of amides is 3. The van der Waals surface area contributed by atoms with Crippen molar-refractivity contribution in [3.05, 3.63) is 56.4 Å². The Balaban J connectivity index is 1.65. The molecule has 2 aromatic carbocycles. The van der Waals surface area contributed by atoms with E-state index in [2.05, 4.69) is 21.2 Å². The zero-order chi connectivity index (χ0) is 28.0. The lowest BCUT2D eigenvalue weighted by molar-refractivity contribution is -0.150. The summed E-state index contributed by atoms with van der Waals surface area (Å²) in [4.78, 5) is 50.6. The first-order chi connectivity index (χ1) is 18.0. The Labute approximate surface area is 234 Å². The zero-order valence-electron chi connectivity index (χ0n) is 21.8. The van der Waals surface area contributed by atoms with Gasteiger partial charge < -0.3 is 19.5 Å². The Morgan fingerprint density at radius 2 is 1.87 bits per heavy atom. The number of nitrogens with zero attached hydrogens (tertiary/aromatic N) is 1. The van der Waals surface area contributed by atoms with E-state index in [9.17, 15) is 19.2 Å². The van der Waals surface area contributed by atoms with Crippen molar-refractivity contribution in [1.29, 1.82) is 0 Å². The van der Waals surface area contributed by atoms with Crippen LogP contribution < -0.4 is 14.8 Å². The molecule has 1 fully saturated rings. The number of hydrogen-bond acceptors (Lipinski definition) is 8. The minimum atomic E-state index is -0.638. The third kappa shape index (κ3) is 7.16. The highest BCUT2D eigenvalue weighted by Gasteiger charge is 2.37. The van der Waals surface area contributed by atoms with Crippen LogP contribution in [0.2, 0.25) is 0 Å². The van der Waals surface area contributed by atoms with Gasteiger partial charge in [-0.25, -0.2) is 0 Å². The van der Waals surface area contributed by atoms with Crippen molar-refractivity contribution < 1.29 is 33.4 Å². The number of nitrogens with one attached hydrogen (secondary N) is 1. The van der Waals surface area contributed by atoms with Crippen LogP contribution in [0.4, 0.5) is 10.5 Å². The molecule has 0 radical (unpaired) electrons. The van der Waals surface area contributed by atoms with E-state index in [1.54, 1.807) is 25.1 Å². The van der Waals surface area contributed by atoms with Gasteiger partial charge in [-0.2, -0.15) is 0 Å². The number of halogens is 1. The van der Waals surface area contributed by atoms with Gasteiger partial charge in [0.05, 0.1) is 18.1 Å². The summed E-state index contributed by atoms with van der Waals surface area (Å²) in [6.45, 7) is 6.81. The average Bonchev–Trinajstić information content (AvgIpc) is 3.15. The van der Waals surface area contributed by atoms with Crippen molar-refractivity contribution >= 4 is 62.5 Å². The van der Waals surface area contributed by atoms with E-state index in [4.69, 9.17) is 14.2 Å². The van der Waals surface area contributed by atoms with Gasteiger partial charge >= 0.3 is 5.97 Å². The van der Waals surface area contributed by atoms with Crippen LogP contribution >= 0.6 is 27.7 Å². The van der Waals surface area contributed by atoms with Crippen LogP contribution in [0.15, 0.2) is 39.7 Å². The van der Waals surface area contributed by atoms with Gasteiger partial charge in [0, 0.05) is 10.2 Å². The van der Waals surface area contributed by atoms with Crippen LogP contribution in [0.1, 0.15) is 37.0 Å². The van der Waals surface area contributed by atoms with Crippen molar-refractivity contribution in [3.8, 4) is 11.5 Å². The normalized spacial score (nSPS) is 15.0. The van der Waals surface area contributed by atoms with Gasteiger partial charge in [-0.3, -0.25) is 24.1 Å². The van der Waals surface area contributed by atoms with Gasteiger partial charge in [-0.05, 0) is 86.0 Å². The molecule has 9 nitrogen and oxygen atoms in total. The molecule has 0 unspecified atom stereocenters. The first-order valence-electron chi connectivity index (χ1n) is 11.8. The second-order valence-corrected chi connectivity index (χ2v) is 10.4. The summed E-state index contributed by atoms with van der Waals surface area (Å²) in [5, 5.41) is 2.30. The number of carbonyl (C=O) groups excluding carboxylic acids is 4. The van der Waals surface area contributed by atoms with Gasteiger partial charge in [0.2, 0.25) is 0 Å². The summed E-state index contributed by atoms with van der Waals surface area (Å²) >= 11 is 4.21. The number of anilines is 1. The smallest absolute Gasteiger partial charge is 0.326 e. The van der Waals surface area contributed by atoms with E-state index in [1.165, 1.54) is 13.2 Å². The Bertz CT molecular complexity index is 1290. The molecule has 1 aliphatic rings. The SMILES string of the molecule is CC[C@@H](C)OC(=O)CN1C(=O)S/C(=C/c2ccc(OCC(=O)Nc3ccc(Br)c(C)c3C)c(OC)c2)C1=O. The molecule has 0 bridgehead atoms. The van der Waals surface area contributed by atoms with Crippen LogP contribution in [0.5, 0.6) is 11.5 Å². The van der Waals surface area contributed by atoms with Crippen molar-refractivity contribution in [2.45, 2.75) is 40.2 Å². The van der Waals surface area contributed by atoms with Gasteiger partial charge in [0.1, 0.15) is 6.54 Å². The molecule has 3 amide bonds. The summed E-state index contributed by atoms with van der Waals surface area (Å²) in [6.07, 6.45) is 1.86. The molecule has 2 aromatic rings. The van der Waals surface area contributed by atoms with Crippen LogP contribution in [0.3, 0.4) is 0 Å². The highest BCUT2D eigenvalue weighted by molar-refractivity contribution is 9.10. The largest absolute Gasteiger partial charge is 0.493 e. The molecule has 1 saturated heterocycles. The van der Waals surface area contributed by atoms with Crippen molar-refractivity contribution in [2.75, 3.05) is 25.6 Å². The standard InChI is InChI=1S/C27H29BrN2O7S/c1-6-15(2)37-25(32)13-30-26(33)23(38-27(30)34)12-18-7-10-21(22(11-18)35-5)36-14-24(31)29-20-9-8-19(28)16(3)17(20)4/h7-12,15H,6,13-14H2,1-5H3,(H,29,31)/b23-12+/t15-/m1/s1. The third-order valence-corrected chi connectivity index (χ3v) is 7.67. The average molecular weight is 606 g/mol. The maximum Gasteiger partial charge on any atom is 0.326 e. The topological polar surface area (TPSA) is 111 Å². The lowest BCUT2D eigenvalue weighted by Crippen LogP contribution is -2.35. The quantitative estimate of drug-likeness (QED) is 0.281. The van der Waals surface area contributed by atoms with Gasteiger partial charge in [-0.1, -0.05) is 28.9 Å². The molecule has 1 aliphatic heterocycles. The number of benzene rings is 2. The minimum Gasteiger partial charge on any atom is -0.493 e. The second kappa shape index (κ2) is 13.0. The van der Waals surface area contributed by atoms with Crippen molar-refractivity contribution in [2.24, 2.45) is 0 Å². The Hall–Kier alpha value is -3.31. The van der Waals surface area contributed by atoms with Crippen LogP contribution in [-0.2, 0) is 19.1 Å². The first kappa shape index (κ1) is 29.2. The first-order valence-corrected chi connectivity index (χ1v) is 13.5. The zero-order valence-corrected chi connectivity index (χ0v) is 24.2. The molecular formula is C27H29BrN2O7S. The molecule has 1 heterocycles. The molecule has 38 heavy (non-hydrogen) atoms. The second-order valence-electron chi connectivity index (χ2n) is 8.57. The number of ether oxygens (including phenoxy) is 3. The third-order valence-electron chi connectivity index (χ3n) is 5.91. The fourth-order valence-corrected chi connectivity index (χ4v) is 4.68. The summed E-state index contributed by atoms with van der Waals surface area (Å²) in [5.74, 6) is -0.861. The number of thioether (sulfide) groups is 1. The number of hydrogen-bond donors (Lipinski definition) is 1. The van der Waals surface area contributed by atoms with E-state index in [1.807, 2.05) is 32.9 Å². The number of esters is 1. The lowest BCUT2D eigenvalue weighted by Gasteiger charge is -2.15. The molecule has 202 valence electrons. The van der Waals surface area contributed by atoms with Crippen molar-refractivity contribution in [3.63, 3.8) is 0 Å². The molecule has 1 N–H and O–H groups in total. The number of rotatable bonds is 10. The Morgan fingerprint density at radius 3 is 2.55 bits per heavy atom. The van der Waals surface area contributed by atoms with Gasteiger partial charge in [0.25, 0.3) is 17.1 Å². The molecule has 0 aromatic heterocycles. The molecule has 0 aliphatic carbocycles. The van der Waals surface area contributed by atoms with E-state index < -0.39 is 23.7 Å². The van der Waals surface area contributed by atoms with E-state index in [0.29, 0.717) is 29.2 Å². The lowest BCUT2D eigenvalue weighted by atomic mass is 10.1. The number of carbonyl (C=O) groups is 4. The fraction of sp³-hybridized carbons (Fsp3) is 0.333. The summed E-state index contributed by atoms with van der Waals surface area (Å²) in [5.41, 5.74) is 3.26. The highest BCUT2D eigenvalue weighted by Crippen LogP contribution is 2.34. The van der Waals surface area contributed by atoms with Crippen LogP contribution in [-0.4, -0.2) is 54.3 Å². The summed E-state index contributed by atoms with van der Waals surface area (Å²) < 4.78 is 17.2. The van der Waals surface area contributed by atoms with Crippen molar-refractivity contribution in [1.82, 2.24) is 4.90 Å². The predicted molar refractivity (Wildman–Crippen MR) is 149 cm³/mol. The van der Waals surface area contributed by atoms with E-state index in [0.717, 1.165) is 32.3 Å². The molecule has 1 atom stereocenters. The molecule has 0 spiro atoms. The predicted octanol–water partition coefficient (Wildman–Crippen LogP) is 5.47. The van der Waals surface area contributed by atoms with Crippen LogP contribution in [0.25, 0.3) is 6.08 Å². The van der Waals surface area contributed by atoms with Crippen LogP contribution in [0, 0.1) is 13.8 Å². The van der Waals surface area contributed by atoms with E-state index in [-0.39, 0.29) is 23.5 Å². The maximum absolute atomic E-state index is 12.7. The summed E-state index contributed by atoms with van der Waals surface area (Å²) in [7, 11) is 1.46. The monoisotopic (exact) mass is 604 g/mol. The molecule has 3 rings (SSSR count). The fourth-order valence-electron chi connectivity index (χ4n) is 3.41. The summed E-state index contributed by atoms with van der Waals surface area (Å²) in [6, 6.07) is 8.59. The maximum atomic E-state index is 12.7.